The fourth-order valence-electron chi connectivity index (χ4n) is 2.14. The van der Waals surface area contributed by atoms with Crippen LogP contribution in [0.5, 0.6) is 11.5 Å². The first-order valence-corrected chi connectivity index (χ1v) is 6.61. The number of nitrogens with zero attached hydrogens (tertiary/aromatic N) is 2. The molecular weight excluding hydrogens is 284 g/mol. The fourth-order valence-corrected chi connectivity index (χ4v) is 2.14. The Kier molecular flexibility index (Phi) is 3.42. The highest BCUT2D eigenvalue weighted by molar-refractivity contribution is 5.93. The molecule has 0 saturated heterocycles. The number of fused-ring (bicyclic) bond motifs is 2. The second kappa shape index (κ2) is 5.40. The lowest BCUT2D eigenvalue weighted by Gasteiger charge is -2.08. The quantitative estimate of drug-likeness (QED) is 0.411. The summed E-state index contributed by atoms with van der Waals surface area (Å²) in [7, 11) is 0. The van der Waals surface area contributed by atoms with Gasteiger partial charge in [0.2, 0.25) is 0 Å². The van der Waals surface area contributed by atoms with E-state index in [1.54, 1.807) is 36.4 Å². The van der Waals surface area contributed by atoms with Crippen molar-refractivity contribution in [2.45, 2.75) is 13.8 Å². The minimum absolute atomic E-state index is 0.317. The summed E-state index contributed by atoms with van der Waals surface area (Å²) in [5.74, 6) is -0.251. The second-order valence-corrected chi connectivity index (χ2v) is 4.66. The molecule has 3 rings (SSSR count). The largest absolute Gasteiger partial charge is 0.424 e. The van der Waals surface area contributed by atoms with Crippen LogP contribution in [0.1, 0.15) is 13.8 Å². The van der Waals surface area contributed by atoms with E-state index in [1.807, 2.05) is 0 Å². The molecule has 0 aliphatic heterocycles. The highest BCUT2D eigenvalue weighted by atomic mass is 16.5. The van der Waals surface area contributed by atoms with Gasteiger partial charge in [-0.05, 0) is 24.3 Å². The zero-order valence-corrected chi connectivity index (χ0v) is 12.0. The maximum Gasteiger partial charge on any atom is 0.308 e. The molecule has 0 fully saturated rings. The molecule has 0 spiro atoms. The summed E-state index contributed by atoms with van der Waals surface area (Å²) in [4.78, 5) is 31.3. The third-order valence-corrected chi connectivity index (χ3v) is 2.93. The van der Waals surface area contributed by atoms with Gasteiger partial charge in [0.05, 0.1) is 11.0 Å². The molecule has 0 bridgehead atoms. The van der Waals surface area contributed by atoms with Crippen molar-refractivity contribution in [3.8, 4) is 11.5 Å². The van der Waals surface area contributed by atoms with Crippen LogP contribution < -0.4 is 9.47 Å². The van der Waals surface area contributed by atoms with E-state index in [-0.39, 0.29) is 0 Å². The van der Waals surface area contributed by atoms with Gasteiger partial charge in [0.15, 0.2) is 11.5 Å². The highest BCUT2D eigenvalue weighted by Crippen LogP contribution is 2.29. The number of hydrogen-bond acceptors (Lipinski definition) is 6. The summed E-state index contributed by atoms with van der Waals surface area (Å²) in [5, 5.41) is 0. The van der Waals surface area contributed by atoms with Gasteiger partial charge in [0.25, 0.3) is 0 Å². The molecule has 1 aromatic heterocycles. The summed E-state index contributed by atoms with van der Waals surface area (Å²) in [6.07, 6.45) is 0. The average molecular weight is 296 g/mol. The topological polar surface area (TPSA) is 78.4 Å². The number of rotatable bonds is 2. The molecule has 0 unspecified atom stereocenters. The van der Waals surface area contributed by atoms with E-state index in [2.05, 4.69) is 9.97 Å². The maximum atomic E-state index is 11.2. The van der Waals surface area contributed by atoms with Crippen LogP contribution in [0, 0.1) is 0 Å². The van der Waals surface area contributed by atoms with Gasteiger partial charge in [-0.3, -0.25) is 9.59 Å². The van der Waals surface area contributed by atoms with Gasteiger partial charge in [-0.15, -0.1) is 0 Å². The Morgan fingerprint density at radius 1 is 0.773 bits per heavy atom. The molecule has 3 aromatic rings. The van der Waals surface area contributed by atoms with Crippen LogP contribution in [0.4, 0.5) is 0 Å². The Morgan fingerprint density at radius 2 is 1.23 bits per heavy atom. The minimum atomic E-state index is -0.442. The summed E-state index contributed by atoms with van der Waals surface area (Å²) in [5.41, 5.74) is 2.05. The van der Waals surface area contributed by atoms with E-state index < -0.39 is 11.9 Å². The normalized spacial score (nSPS) is 10.6. The molecule has 6 heteroatoms. The van der Waals surface area contributed by atoms with E-state index in [4.69, 9.17) is 9.47 Å². The molecule has 2 aromatic carbocycles. The number of esters is 2. The van der Waals surface area contributed by atoms with E-state index in [0.29, 0.717) is 33.6 Å². The van der Waals surface area contributed by atoms with Crippen molar-refractivity contribution in [3.63, 3.8) is 0 Å². The van der Waals surface area contributed by atoms with Gasteiger partial charge in [0.1, 0.15) is 11.0 Å². The van der Waals surface area contributed by atoms with Gasteiger partial charge < -0.3 is 9.47 Å². The fraction of sp³-hybridized carbons (Fsp3) is 0.125. The first-order chi connectivity index (χ1) is 10.5. The van der Waals surface area contributed by atoms with Crippen LogP contribution in [-0.4, -0.2) is 21.9 Å². The van der Waals surface area contributed by atoms with Crippen molar-refractivity contribution in [3.05, 3.63) is 36.4 Å². The van der Waals surface area contributed by atoms with Crippen molar-refractivity contribution in [1.82, 2.24) is 9.97 Å². The Bertz CT molecular complexity index is 834. The van der Waals surface area contributed by atoms with E-state index in [0.717, 1.165) is 0 Å². The van der Waals surface area contributed by atoms with Crippen LogP contribution in [0.15, 0.2) is 36.4 Å². The minimum Gasteiger partial charge on any atom is -0.424 e. The summed E-state index contributed by atoms with van der Waals surface area (Å²) < 4.78 is 10.3. The molecule has 0 aliphatic rings. The zero-order valence-electron chi connectivity index (χ0n) is 12.0. The van der Waals surface area contributed by atoms with Gasteiger partial charge >= 0.3 is 11.9 Å². The molecular formula is C16H12N2O4. The third-order valence-electron chi connectivity index (χ3n) is 2.93. The van der Waals surface area contributed by atoms with Crippen molar-refractivity contribution < 1.29 is 19.1 Å². The smallest absolute Gasteiger partial charge is 0.308 e. The Morgan fingerprint density at radius 3 is 1.64 bits per heavy atom. The molecule has 1 heterocycles. The molecule has 0 radical (unpaired) electrons. The predicted octanol–water partition coefficient (Wildman–Crippen LogP) is 2.63. The first kappa shape index (κ1) is 13.9. The van der Waals surface area contributed by atoms with Crippen molar-refractivity contribution in [2.75, 3.05) is 0 Å². The van der Waals surface area contributed by atoms with Crippen molar-refractivity contribution in [1.29, 1.82) is 0 Å². The molecule has 22 heavy (non-hydrogen) atoms. The van der Waals surface area contributed by atoms with Gasteiger partial charge in [-0.2, -0.15) is 0 Å². The molecule has 0 N–H and O–H groups in total. The lowest BCUT2D eigenvalue weighted by atomic mass is 10.2. The first-order valence-electron chi connectivity index (χ1n) is 6.61. The number of carbonyl (C=O) groups is 2. The number of aromatic nitrogens is 2. The van der Waals surface area contributed by atoms with Crippen LogP contribution >= 0.6 is 0 Å². The number of para-hydroxylation sites is 2. The molecule has 110 valence electrons. The lowest BCUT2D eigenvalue weighted by molar-refractivity contribution is -0.132. The second-order valence-electron chi connectivity index (χ2n) is 4.66. The van der Waals surface area contributed by atoms with Crippen LogP contribution in [0.25, 0.3) is 22.1 Å². The Balaban J connectivity index is 2.28. The molecule has 0 saturated carbocycles. The summed E-state index contributed by atoms with van der Waals surface area (Å²) in [6.45, 7) is 2.63. The number of ether oxygens (including phenoxy) is 2. The molecule has 0 amide bonds. The lowest BCUT2D eigenvalue weighted by Crippen LogP contribution is -2.04. The van der Waals surface area contributed by atoms with Gasteiger partial charge in [0, 0.05) is 13.8 Å². The summed E-state index contributed by atoms with van der Waals surface area (Å²) in [6, 6.07) is 10.3. The van der Waals surface area contributed by atoms with Crippen LogP contribution in [0.3, 0.4) is 0 Å². The highest BCUT2D eigenvalue weighted by Gasteiger charge is 2.12. The Hall–Kier alpha value is -3.02. The van der Waals surface area contributed by atoms with Crippen molar-refractivity contribution in [2.24, 2.45) is 0 Å². The van der Waals surface area contributed by atoms with Gasteiger partial charge in [-0.25, -0.2) is 9.97 Å². The van der Waals surface area contributed by atoms with E-state index in [9.17, 15) is 9.59 Å². The third kappa shape index (κ3) is 2.58. The average Bonchev–Trinajstić information content (AvgIpc) is 2.45. The van der Waals surface area contributed by atoms with E-state index in [1.165, 1.54) is 13.8 Å². The van der Waals surface area contributed by atoms with Crippen LogP contribution in [-0.2, 0) is 9.59 Å². The number of benzene rings is 2. The molecule has 0 atom stereocenters. The monoisotopic (exact) mass is 296 g/mol. The Labute approximate surface area is 125 Å². The van der Waals surface area contributed by atoms with Crippen LogP contribution in [0.2, 0.25) is 0 Å². The number of hydrogen-bond donors (Lipinski definition) is 0. The maximum absolute atomic E-state index is 11.2. The number of carbonyl (C=O) groups excluding carboxylic acids is 2. The molecule has 0 aliphatic carbocycles. The SMILES string of the molecule is CC(=O)Oc1cccc2nc3cccc(OC(C)=O)c3nc12. The summed E-state index contributed by atoms with van der Waals surface area (Å²) >= 11 is 0. The van der Waals surface area contributed by atoms with Crippen molar-refractivity contribution >= 4 is 34.0 Å². The predicted molar refractivity (Wildman–Crippen MR) is 79.7 cm³/mol. The standard InChI is InChI=1S/C16H12N2O4/c1-9(19)21-13-7-3-5-11-15(13)18-16-12(17-11)6-4-8-14(16)22-10(2)20/h3-8H,1-2H3. The van der Waals surface area contributed by atoms with E-state index >= 15 is 0 Å². The molecule has 6 nitrogen and oxygen atoms in total. The zero-order chi connectivity index (χ0) is 15.7. The van der Waals surface area contributed by atoms with Gasteiger partial charge in [-0.1, -0.05) is 12.1 Å².